The standard InChI is InChI=1S/C11H12N4O4S/c12-7(10(17)18)5-20-6-9(16)15-11(19)14-4-2-1-3-8(14)13-15/h1-4,7H,5-6,12H2,(H,17,18)/t7-/m0/s1. The lowest BCUT2D eigenvalue weighted by Gasteiger charge is -2.04. The van der Waals surface area contributed by atoms with E-state index < -0.39 is 23.6 Å². The van der Waals surface area contributed by atoms with E-state index in [9.17, 15) is 14.4 Å². The molecule has 0 aliphatic carbocycles. The number of aliphatic carboxylic acids is 1. The van der Waals surface area contributed by atoms with Crippen molar-refractivity contribution in [1.82, 2.24) is 14.2 Å². The molecule has 2 heterocycles. The molecule has 2 aromatic rings. The molecule has 0 radical (unpaired) electrons. The molecular weight excluding hydrogens is 284 g/mol. The quantitative estimate of drug-likeness (QED) is 0.747. The molecule has 0 unspecified atom stereocenters. The maximum absolute atomic E-state index is 11.9. The Morgan fingerprint density at radius 3 is 2.85 bits per heavy atom. The van der Waals surface area contributed by atoms with Crippen LogP contribution in [-0.2, 0) is 4.79 Å². The third kappa shape index (κ3) is 2.89. The van der Waals surface area contributed by atoms with Crippen molar-refractivity contribution in [2.24, 2.45) is 5.73 Å². The lowest BCUT2D eigenvalue weighted by Crippen LogP contribution is -2.33. The predicted octanol–water partition coefficient (Wildman–Crippen LogP) is -0.719. The highest BCUT2D eigenvalue weighted by Crippen LogP contribution is 2.03. The number of aromatic nitrogens is 3. The van der Waals surface area contributed by atoms with Crippen LogP contribution in [0.15, 0.2) is 29.2 Å². The monoisotopic (exact) mass is 296 g/mol. The molecular formula is C11H12N4O4S. The highest BCUT2D eigenvalue weighted by Gasteiger charge is 2.16. The summed E-state index contributed by atoms with van der Waals surface area (Å²) in [7, 11) is 0. The lowest BCUT2D eigenvalue weighted by atomic mass is 10.4. The fraction of sp³-hybridized carbons (Fsp3) is 0.273. The Bertz CT molecular complexity index is 708. The van der Waals surface area contributed by atoms with Gasteiger partial charge in [-0.3, -0.25) is 9.59 Å². The molecule has 0 aliphatic heterocycles. The van der Waals surface area contributed by atoms with Crippen LogP contribution in [0.3, 0.4) is 0 Å². The summed E-state index contributed by atoms with van der Waals surface area (Å²) in [4.78, 5) is 34.3. The third-order valence-corrected chi connectivity index (χ3v) is 3.55. The average molecular weight is 296 g/mol. The van der Waals surface area contributed by atoms with E-state index >= 15 is 0 Å². The zero-order valence-electron chi connectivity index (χ0n) is 10.3. The Morgan fingerprint density at radius 2 is 2.20 bits per heavy atom. The van der Waals surface area contributed by atoms with E-state index in [1.807, 2.05) is 0 Å². The number of carboxylic acids is 1. The van der Waals surface area contributed by atoms with Crippen molar-refractivity contribution in [3.05, 3.63) is 34.9 Å². The molecule has 0 spiro atoms. The summed E-state index contributed by atoms with van der Waals surface area (Å²) in [6.45, 7) is 0. The van der Waals surface area contributed by atoms with Gasteiger partial charge in [0, 0.05) is 11.9 Å². The minimum absolute atomic E-state index is 0.0647. The minimum Gasteiger partial charge on any atom is -0.480 e. The van der Waals surface area contributed by atoms with E-state index in [2.05, 4.69) is 5.10 Å². The number of carbonyl (C=O) groups is 2. The Hall–Kier alpha value is -2.13. The van der Waals surface area contributed by atoms with E-state index in [0.29, 0.717) is 5.65 Å². The van der Waals surface area contributed by atoms with Gasteiger partial charge in [0.1, 0.15) is 6.04 Å². The van der Waals surface area contributed by atoms with Gasteiger partial charge in [0.2, 0.25) is 0 Å². The van der Waals surface area contributed by atoms with Crippen molar-refractivity contribution < 1.29 is 14.7 Å². The summed E-state index contributed by atoms with van der Waals surface area (Å²) in [5.41, 5.74) is 5.14. The van der Waals surface area contributed by atoms with Crippen LogP contribution < -0.4 is 11.4 Å². The van der Waals surface area contributed by atoms with Crippen LogP contribution in [0.5, 0.6) is 0 Å². The number of pyridine rings is 1. The molecule has 0 bridgehead atoms. The van der Waals surface area contributed by atoms with Crippen LogP contribution in [0.2, 0.25) is 0 Å². The van der Waals surface area contributed by atoms with Gasteiger partial charge in [-0.15, -0.1) is 21.5 Å². The molecule has 1 atom stereocenters. The number of nitrogens with zero attached hydrogens (tertiary/aromatic N) is 3. The molecule has 0 aliphatic rings. The first-order valence-corrected chi connectivity index (χ1v) is 6.82. The number of thioether (sulfide) groups is 1. The first-order valence-electron chi connectivity index (χ1n) is 5.66. The van der Waals surface area contributed by atoms with Crippen molar-refractivity contribution in [1.29, 1.82) is 0 Å². The number of fused-ring (bicyclic) bond motifs is 1. The molecule has 0 aromatic carbocycles. The second-order valence-corrected chi connectivity index (χ2v) is 5.01. The molecule has 0 saturated heterocycles. The van der Waals surface area contributed by atoms with E-state index in [4.69, 9.17) is 10.8 Å². The largest absolute Gasteiger partial charge is 0.480 e. The van der Waals surface area contributed by atoms with Gasteiger partial charge in [0.05, 0.1) is 5.75 Å². The summed E-state index contributed by atoms with van der Waals surface area (Å²) in [6, 6.07) is 3.94. The molecule has 8 nitrogen and oxygen atoms in total. The van der Waals surface area contributed by atoms with Gasteiger partial charge in [-0.2, -0.15) is 0 Å². The van der Waals surface area contributed by atoms with Crippen molar-refractivity contribution in [3.8, 4) is 0 Å². The average Bonchev–Trinajstić information content (AvgIpc) is 2.76. The van der Waals surface area contributed by atoms with Crippen molar-refractivity contribution in [3.63, 3.8) is 0 Å². The summed E-state index contributed by atoms with van der Waals surface area (Å²) in [5.74, 6) is -1.62. The van der Waals surface area contributed by atoms with Crippen LogP contribution in [0, 0.1) is 0 Å². The Balaban J connectivity index is 2.07. The highest BCUT2D eigenvalue weighted by molar-refractivity contribution is 8.00. The Morgan fingerprint density at radius 1 is 1.45 bits per heavy atom. The van der Waals surface area contributed by atoms with Gasteiger partial charge in [-0.05, 0) is 12.1 Å². The highest BCUT2D eigenvalue weighted by atomic mass is 32.2. The first kappa shape index (κ1) is 14.3. The van der Waals surface area contributed by atoms with E-state index in [0.717, 1.165) is 16.4 Å². The van der Waals surface area contributed by atoms with E-state index in [1.54, 1.807) is 18.2 Å². The number of carbonyl (C=O) groups excluding carboxylic acids is 1. The molecule has 0 amide bonds. The van der Waals surface area contributed by atoms with Crippen LogP contribution in [0.25, 0.3) is 5.65 Å². The fourth-order valence-electron chi connectivity index (χ4n) is 1.49. The minimum atomic E-state index is -1.13. The van der Waals surface area contributed by atoms with Gasteiger partial charge in [0.15, 0.2) is 5.65 Å². The predicted molar refractivity (Wildman–Crippen MR) is 73.0 cm³/mol. The number of rotatable bonds is 5. The molecule has 3 N–H and O–H groups in total. The zero-order valence-corrected chi connectivity index (χ0v) is 11.1. The van der Waals surface area contributed by atoms with Crippen LogP contribution >= 0.6 is 11.8 Å². The number of carboxylic acid groups (broad SMARTS) is 1. The van der Waals surface area contributed by atoms with Gasteiger partial charge < -0.3 is 10.8 Å². The summed E-state index contributed by atoms with van der Waals surface area (Å²) in [6.07, 6.45) is 1.52. The second kappa shape index (κ2) is 5.88. The topological polar surface area (TPSA) is 120 Å². The van der Waals surface area contributed by atoms with Crippen molar-refractivity contribution >= 4 is 29.3 Å². The summed E-state index contributed by atoms with van der Waals surface area (Å²) in [5, 5.41) is 12.5. The maximum Gasteiger partial charge on any atom is 0.357 e. The molecule has 106 valence electrons. The number of hydrogen-bond donors (Lipinski definition) is 2. The Labute approximate surface area is 117 Å². The molecule has 20 heavy (non-hydrogen) atoms. The van der Waals surface area contributed by atoms with Crippen LogP contribution in [0.4, 0.5) is 0 Å². The molecule has 0 saturated carbocycles. The fourth-order valence-corrected chi connectivity index (χ4v) is 2.30. The van der Waals surface area contributed by atoms with Gasteiger partial charge in [-0.1, -0.05) is 6.07 Å². The maximum atomic E-state index is 11.9. The lowest BCUT2D eigenvalue weighted by molar-refractivity contribution is -0.137. The van der Waals surface area contributed by atoms with Gasteiger partial charge in [-0.25, -0.2) is 9.20 Å². The van der Waals surface area contributed by atoms with Crippen LogP contribution in [-0.4, -0.2) is 48.7 Å². The Kier molecular flexibility index (Phi) is 4.20. The van der Waals surface area contributed by atoms with Gasteiger partial charge in [0.25, 0.3) is 5.91 Å². The normalized spacial score (nSPS) is 12.4. The summed E-state index contributed by atoms with van der Waals surface area (Å²) < 4.78 is 2.03. The van der Waals surface area contributed by atoms with Gasteiger partial charge >= 0.3 is 11.7 Å². The smallest absolute Gasteiger partial charge is 0.357 e. The second-order valence-electron chi connectivity index (χ2n) is 3.98. The molecule has 2 rings (SSSR count). The molecule has 2 aromatic heterocycles. The molecule has 9 heteroatoms. The van der Waals surface area contributed by atoms with E-state index in [1.165, 1.54) is 10.6 Å². The number of hydrogen-bond acceptors (Lipinski definition) is 6. The zero-order chi connectivity index (χ0) is 14.7. The SMILES string of the molecule is N[C@@H](CSCC(=O)n1nc2ccccn2c1=O)C(=O)O. The van der Waals surface area contributed by atoms with Crippen LogP contribution in [0.1, 0.15) is 4.79 Å². The number of nitrogens with two attached hydrogens (primary N) is 1. The summed E-state index contributed by atoms with van der Waals surface area (Å²) >= 11 is 1.05. The molecule has 0 fully saturated rings. The van der Waals surface area contributed by atoms with Crippen molar-refractivity contribution in [2.75, 3.05) is 11.5 Å². The van der Waals surface area contributed by atoms with E-state index in [-0.39, 0.29) is 11.5 Å². The first-order chi connectivity index (χ1) is 9.50. The third-order valence-electron chi connectivity index (χ3n) is 2.50. The van der Waals surface area contributed by atoms with Crippen molar-refractivity contribution in [2.45, 2.75) is 6.04 Å².